The Hall–Kier alpha value is -3.29. The number of benzene rings is 1. The van der Waals surface area contributed by atoms with Crippen LogP contribution in [0.25, 0.3) is 11.3 Å². The van der Waals surface area contributed by atoms with Crippen LogP contribution in [0.5, 0.6) is 0 Å². The first-order valence-electron chi connectivity index (χ1n) is 11.3. The predicted octanol–water partition coefficient (Wildman–Crippen LogP) is 3.64. The number of halogens is 1. The molecule has 0 radical (unpaired) electrons. The highest BCUT2D eigenvalue weighted by atomic mass is 19.1. The van der Waals surface area contributed by atoms with Crippen molar-refractivity contribution < 1.29 is 9.18 Å². The summed E-state index contributed by atoms with van der Waals surface area (Å²) in [6.07, 6.45) is 7.91. The molecular formula is C24H27FN6O. The Kier molecular flexibility index (Phi) is 5.59. The summed E-state index contributed by atoms with van der Waals surface area (Å²) in [5.41, 5.74) is 2.88. The number of carbonyl (C=O) groups is 1. The van der Waals surface area contributed by atoms with Crippen molar-refractivity contribution in [3.8, 4) is 11.3 Å². The van der Waals surface area contributed by atoms with E-state index >= 15 is 0 Å². The molecule has 0 aliphatic carbocycles. The number of nitrogens with zero attached hydrogens (tertiary/aromatic N) is 6. The van der Waals surface area contributed by atoms with Crippen LogP contribution < -0.4 is 4.90 Å². The Morgan fingerprint density at radius 3 is 2.72 bits per heavy atom. The standard InChI is InChI=1S/C24H27FN6O/c1-29-16-19(21-10-11-26-24(27-21)30-12-4-5-13-30)22(28-29)17-7-6-14-31(15-17)23(32)18-8-2-3-9-20(18)25/h2-3,8-11,16-17H,4-7,12-15H2,1H3/t17-/m0/s1. The molecule has 1 aromatic carbocycles. The van der Waals surface area contributed by atoms with Crippen molar-refractivity contribution in [2.24, 2.45) is 7.05 Å². The quantitative estimate of drug-likeness (QED) is 0.627. The number of piperidine rings is 1. The van der Waals surface area contributed by atoms with Gasteiger partial charge >= 0.3 is 0 Å². The van der Waals surface area contributed by atoms with Gasteiger partial charge in [-0.1, -0.05) is 12.1 Å². The lowest BCUT2D eigenvalue weighted by Crippen LogP contribution is -2.39. The number of aryl methyl sites for hydroxylation is 1. The monoisotopic (exact) mass is 434 g/mol. The zero-order valence-corrected chi connectivity index (χ0v) is 18.2. The number of hydrogen-bond donors (Lipinski definition) is 0. The van der Waals surface area contributed by atoms with E-state index in [1.807, 2.05) is 25.5 Å². The van der Waals surface area contributed by atoms with Crippen LogP contribution in [0.4, 0.5) is 10.3 Å². The van der Waals surface area contributed by atoms with Gasteiger partial charge in [-0.05, 0) is 43.9 Å². The molecule has 4 heterocycles. The summed E-state index contributed by atoms with van der Waals surface area (Å²) in [5, 5.41) is 4.75. The minimum atomic E-state index is -0.478. The molecular weight excluding hydrogens is 407 g/mol. The van der Waals surface area contributed by atoms with Crippen molar-refractivity contribution in [3.63, 3.8) is 0 Å². The van der Waals surface area contributed by atoms with Crippen molar-refractivity contribution in [1.82, 2.24) is 24.6 Å². The topological polar surface area (TPSA) is 67.2 Å². The van der Waals surface area contributed by atoms with E-state index in [2.05, 4.69) is 9.88 Å². The van der Waals surface area contributed by atoms with Crippen molar-refractivity contribution >= 4 is 11.9 Å². The summed E-state index contributed by atoms with van der Waals surface area (Å²) in [6, 6.07) is 8.10. The summed E-state index contributed by atoms with van der Waals surface area (Å²) >= 11 is 0. The highest BCUT2D eigenvalue weighted by molar-refractivity contribution is 5.94. The zero-order chi connectivity index (χ0) is 22.1. The van der Waals surface area contributed by atoms with Gasteiger partial charge in [0.05, 0.1) is 17.0 Å². The second kappa shape index (κ2) is 8.68. The van der Waals surface area contributed by atoms with E-state index in [1.165, 1.54) is 18.9 Å². The highest BCUT2D eigenvalue weighted by Crippen LogP contribution is 2.34. The van der Waals surface area contributed by atoms with Gasteiger partial charge in [-0.3, -0.25) is 9.48 Å². The number of rotatable bonds is 4. The minimum Gasteiger partial charge on any atom is -0.341 e. The summed E-state index contributed by atoms with van der Waals surface area (Å²) in [7, 11) is 1.90. The number of anilines is 1. The average molecular weight is 435 g/mol. The average Bonchev–Trinajstić information content (AvgIpc) is 3.49. The van der Waals surface area contributed by atoms with E-state index in [1.54, 1.807) is 27.8 Å². The van der Waals surface area contributed by atoms with E-state index < -0.39 is 5.82 Å². The Labute approximate surface area is 186 Å². The summed E-state index contributed by atoms with van der Waals surface area (Å²) in [5.74, 6) is 0.0906. The van der Waals surface area contributed by atoms with Crippen molar-refractivity contribution in [1.29, 1.82) is 0 Å². The Bertz CT molecular complexity index is 1120. The molecule has 2 aliphatic rings. The first-order valence-corrected chi connectivity index (χ1v) is 11.3. The van der Waals surface area contributed by atoms with Gasteiger partial charge in [0.2, 0.25) is 5.95 Å². The molecule has 1 amide bonds. The lowest BCUT2D eigenvalue weighted by molar-refractivity contribution is 0.0701. The van der Waals surface area contributed by atoms with Gasteiger partial charge in [-0.15, -0.1) is 0 Å². The van der Waals surface area contributed by atoms with Gasteiger partial charge in [-0.25, -0.2) is 14.4 Å². The smallest absolute Gasteiger partial charge is 0.256 e. The van der Waals surface area contributed by atoms with Gasteiger partial charge in [-0.2, -0.15) is 5.10 Å². The highest BCUT2D eigenvalue weighted by Gasteiger charge is 2.30. The normalized spacial score (nSPS) is 18.9. The van der Waals surface area contributed by atoms with Crippen molar-refractivity contribution in [2.45, 2.75) is 31.6 Å². The molecule has 2 fully saturated rings. The number of likely N-dealkylation sites (tertiary alicyclic amines) is 1. The molecule has 1 atom stereocenters. The Morgan fingerprint density at radius 1 is 1.09 bits per heavy atom. The number of amides is 1. The molecule has 0 bridgehead atoms. The second-order valence-corrected chi connectivity index (χ2v) is 8.61. The third kappa shape index (κ3) is 3.97. The Morgan fingerprint density at radius 2 is 1.91 bits per heavy atom. The summed E-state index contributed by atoms with van der Waals surface area (Å²) < 4.78 is 16.0. The molecule has 2 aromatic heterocycles. The predicted molar refractivity (Wildman–Crippen MR) is 120 cm³/mol. The first-order chi connectivity index (χ1) is 15.6. The van der Waals surface area contributed by atoms with Crippen molar-refractivity contribution in [2.75, 3.05) is 31.1 Å². The van der Waals surface area contributed by atoms with E-state index in [0.717, 1.165) is 48.8 Å². The van der Waals surface area contributed by atoms with E-state index in [9.17, 15) is 9.18 Å². The molecule has 0 unspecified atom stereocenters. The number of hydrogen-bond acceptors (Lipinski definition) is 5. The van der Waals surface area contributed by atoms with Gasteiger partial charge in [0.15, 0.2) is 0 Å². The number of aromatic nitrogens is 4. The second-order valence-electron chi connectivity index (χ2n) is 8.61. The molecule has 0 saturated carbocycles. The largest absolute Gasteiger partial charge is 0.341 e. The molecule has 2 aliphatic heterocycles. The van der Waals surface area contributed by atoms with Crippen molar-refractivity contribution in [3.05, 3.63) is 59.8 Å². The lowest BCUT2D eigenvalue weighted by Gasteiger charge is -2.32. The van der Waals surface area contributed by atoms with Crippen LogP contribution >= 0.6 is 0 Å². The zero-order valence-electron chi connectivity index (χ0n) is 18.2. The van der Waals surface area contributed by atoms with Crippen LogP contribution in [0.3, 0.4) is 0 Å². The third-order valence-electron chi connectivity index (χ3n) is 6.36. The summed E-state index contributed by atoms with van der Waals surface area (Å²) in [6.45, 7) is 3.11. The minimum absolute atomic E-state index is 0.0703. The van der Waals surface area contributed by atoms with Crippen LogP contribution in [-0.4, -0.2) is 56.7 Å². The number of carbonyl (C=O) groups excluding carboxylic acids is 1. The van der Waals surface area contributed by atoms with E-state index in [0.29, 0.717) is 13.1 Å². The molecule has 166 valence electrons. The fraction of sp³-hybridized carbons (Fsp3) is 0.417. The molecule has 0 N–H and O–H groups in total. The molecule has 7 nitrogen and oxygen atoms in total. The molecule has 5 rings (SSSR count). The maximum Gasteiger partial charge on any atom is 0.256 e. The van der Waals surface area contributed by atoms with E-state index in [4.69, 9.17) is 10.1 Å². The van der Waals surface area contributed by atoms with Crippen LogP contribution in [0.15, 0.2) is 42.7 Å². The molecule has 2 saturated heterocycles. The van der Waals surface area contributed by atoms with Gasteiger partial charge in [0.25, 0.3) is 5.91 Å². The molecule has 3 aromatic rings. The van der Waals surface area contributed by atoms with Crippen LogP contribution in [0.1, 0.15) is 47.7 Å². The van der Waals surface area contributed by atoms with Gasteiger partial charge in [0, 0.05) is 57.1 Å². The first kappa shape index (κ1) is 20.6. The maximum absolute atomic E-state index is 14.2. The molecule has 32 heavy (non-hydrogen) atoms. The fourth-order valence-corrected chi connectivity index (χ4v) is 4.76. The Balaban J connectivity index is 1.42. The van der Waals surface area contributed by atoms with Gasteiger partial charge < -0.3 is 9.80 Å². The molecule has 8 heteroatoms. The molecule has 0 spiro atoms. The van der Waals surface area contributed by atoms with Crippen LogP contribution in [0, 0.1) is 5.82 Å². The van der Waals surface area contributed by atoms with Gasteiger partial charge in [0.1, 0.15) is 5.82 Å². The third-order valence-corrected chi connectivity index (χ3v) is 6.36. The maximum atomic E-state index is 14.2. The van der Waals surface area contributed by atoms with E-state index in [-0.39, 0.29) is 17.4 Å². The lowest BCUT2D eigenvalue weighted by atomic mass is 9.91. The SMILES string of the molecule is Cn1cc(-c2ccnc(N3CCCC3)n2)c([C@H]2CCCN(C(=O)c3ccccc3F)C2)n1. The van der Waals surface area contributed by atoms with Crippen LogP contribution in [0.2, 0.25) is 0 Å². The fourth-order valence-electron chi connectivity index (χ4n) is 4.76. The summed E-state index contributed by atoms with van der Waals surface area (Å²) in [4.78, 5) is 26.3. The van der Waals surface area contributed by atoms with Crippen LogP contribution in [-0.2, 0) is 7.05 Å².